The van der Waals surface area contributed by atoms with Crippen molar-refractivity contribution in [3.05, 3.63) is 60.3 Å². The standard InChI is InChI=1S/C12H12/c1-2-6-11(5-1)9-10-12-7-3-4-8-12/h1-3,5-11H,4H2/b10-9-. The Labute approximate surface area is 73.3 Å². The molecule has 2 aliphatic carbocycles. The highest BCUT2D eigenvalue weighted by Crippen LogP contribution is 2.14. The SMILES string of the molecule is C1=CC(/C=C\C2=CCC=C2)C=C1. The predicted molar refractivity (Wildman–Crippen MR) is 52.8 cm³/mol. The minimum atomic E-state index is 0.514. The first-order valence-corrected chi connectivity index (χ1v) is 4.35. The molecule has 0 radical (unpaired) electrons. The van der Waals surface area contributed by atoms with Gasteiger partial charge in [-0.1, -0.05) is 54.7 Å². The number of allylic oxidation sites excluding steroid dienone is 10. The van der Waals surface area contributed by atoms with Crippen LogP contribution in [0.2, 0.25) is 0 Å². The van der Waals surface area contributed by atoms with Crippen molar-refractivity contribution in [2.75, 3.05) is 0 Å². The smallest absolute Gasteiger partial charge is 0.0136 e. The minimum absolute atomic E-state index is 0.514. The van der Waals surface area contributed by atoms with Crippen LogP contribution in [0.4, 0.5) is 0 Å². The van der Waals surface area contributed by atoms with Gasteiger partial charge in [0, 0.05) is 5.92 Å². The fraction of sp³-hybridized carbons (Fsp3) is 0.167. The Morgan fingerprint density at radius 3 is 2.75 bits per heavy atom. The van der Waals surface area contributed by atoms with Crippen molar-refractivity contribution in [2.45, 2.75) is 6.42 Å². The Bertz CT molecular complexity index is 286. The van der Waals surface area contributed by atoms with Gasteiger partial charge in [-0.25, -0.2) is 0 Å². The summed E-state index contributed by atoms with van der Waals surface area (Å²) in [6, 6.07) is 0. The van der Waals surface area contributed by atoms with Gasteiger partial charge in [-0.2, -0.15) is 0 Å². The molecule has 0 nitrogen and oxygen atoms in total. The summed E-state index contributed by atoms with van der Waals surface area (Å²) in [5.41, 5.74) is 1.34. The molecular weight excluding hydrogens is 144 g/mol. The molecule has 0 aromatic carbocycles. The van der Waals surface area contributed by atoms with Crippen LogP contribution in [0.5, 0.6) is 0 Å². The third-order valence-electron chi connectivity index (χ3n) is 2.09. The second-order valence-electron chi connectivity index (χ2n) is 3.05. The first-order chi connectivity index (χ1) is 5.95. The minimum Gasteiger partial charge on any atom is -0.0801 e. The number of rotatable bonds is 2. The van der Waals surface area contributed by atoms with E-state index in [-0.39, 0.29) is 0 Å². The zero-order valence-electron chi connectivity index (χ0n) is 6.98. The Hall–Kier alpha value is -1.30. The van der Waals surface area contributed by atoms with Gasteiger partial charge in [-0.15, -0.1) is 0 Å². The fourth-order valence-electron chi connectivity index (χ4n) is 1.40. The lowest BCUT2D eigenvalue weighted by atomic mass is 10.1. The third kappa shape index (κ3) is 1.65. The monoisotopic (exact) mass is 156 g/mol. The summed E-state index contributed by atoms with van der Waals surface area (Å²) in [5.74, 6) is 0.514. The molecule has 0 aliphatic heterocycles. The van der Waals surface area contributed by atoms with Crippen molar-refractivity contribution in [3.63, 3.8) is 0 Å². The quantitative estimate of drug-likeness (QED) is 0.576. The molecule has 0 aromatic rings. The zero-order chi connectivity index (χ0) is 8.23. The van der Waals surface area contributed by atoms with Gasteiger partial charge in [0.25, 0.3) is 0 Å². The molecule has 0 fully saturated rings. The van der Waals surface area contributed by atoms with E-state index in [0.29, 0.717) is 5.92 Å². The molecule has 0 saturated heterocycles. The third-order valence-corrected chi connectivity index (χ3v) is 2.09. The van der Waals surface area contributed by atoms with Crippen LogP contribution >= 0.6 is 0 Å². The van der Waals surface area contributed by atoms with Gasteiger partial charge in [0.15, 0.2) is 0 Å². The summed E-state index contributed by atoms with van der Waals surface area (Å²) < 4.78 is 0. The Kier molecular flexibility index (Phi) is 2.08. The van der Waals surface area contributed by atoms with Gasteiger partial charge in [0.1, 0.15) is 0 Å². The van der Waals surface area contributed by atoms with E-state index in [4.69, 9.17) is 0 Å². The molecule has 12 heavy (non-hydrogen) atoms. The van der Waals surface area contributed by atoms with Crippen LogP contribution in [-0.2, 0) is 0 Å². The Morgan fingerprint density at radius 1 is 1.25 bits per heavy atom. The maximum atomic E-state index is 2.24. The molecule has 0 unspecified atom stereocenters. The van der Waals surface area contributed by atoms with Gasteiger partial charge in [0.2, 0.25) is 0 Å². The summed E-state index contributed by atoms with van der Waals surface area (Å²) in [5, 5.41) is 0. The summed E-state index contributed by atoms with van der Waals surface area (Å²) in [6.07, 6.45) is 20.6. The lowest BCUT2D eigenvalue weighted by Gasteiger charge is -1.94. The van der Waals surface area contributed by atoms with Crippen molar-refractivity contribution in [1.29, 1.82) is 0 Å². The molecule has 0 aromatic heterocycles. The highest BCUT2D eigenvalue weighted by atomic mass is 14.0. The van der Waals surface area contributed by atoms with E-state index in [9.17, 15) is 0 Å². The molecule has 0 saturated carbocycles. The first kappa shape index (κ1) is 7.35. The highest BCUT2D eigenvalue weighted by molar-refractivity contribution is 5.37. The average molecular weight is 156 g/mol. The van der Waals surface area contributed by atoms with Gasteiger partial charge in [0.05, 0.1) is 0 Å². The lowest BCUT2D eigenvalue weighted by Crippen LogP contribution is -1.80. The number of hydrogen-bond acceptors (Lipinski definition) is 0. The molecule has 0 heteroatoms. The largest absolute Gasteiger partial charge is 0.0801 e. The van der Waals surface area contributed by atoms with Crippen LogP contribution < -0.4 is 0 Å². The Balaban J connectivity index is 1.97. The molecule has 60 valence electrons. The average Bonchev–Trinajstić information content (AvgIpc) is 2.74. The van der Waals surface area contributed by atoms with Gasteiger partial charge in [-0.05, 0) is 12.0 Å². The molecule has 0 spiro atoms. The maximum absolute atomic E-state index is 2.24. The summed E-state index contributed by atoms with van der Waals surface area (Å²) in [7, 11) is 0. The molecule has 0 amide bonds. The number of hydrogen-bond donors (Lipinski definition) is 0. The summed E-state index contributed by atoms with van der Waals surface area (Å²) in [6.45, 7) is 0. The van der Waals surface area contributed by atoms with Crippen LogP contribution in [0.3, 0.4) is 0 Å². The van der Waals surface area contributed by atoms with E-state index < -0.39 is 0 Å². The van der Waals surface area contributed by atoms with Gasteiger partial charge >= 0.3 is 0 Å². The molecule has 0 atom stereocenters. The first-order valence-electron chi connectivity index (χ1n) is 4.35. The molecule has 0 heterocycles. The molecule has 0 N–H and O–H groups in total. The molecular formula is C12H12. The van der Waals surface area contributed by atoms with E-state index >= 15 is 0 Å². The van der Waals surface area contributed by atoms with E-state index in [0.717, 1.165) is 6.42 Å². The van der Waals surface area contributed by atoms with E-state index in [1.807, 2.05) is 0 Å². The lowest BCUT2D eigenvalue weighted by molar-refractivity contribution is 1.09. The van der Waals surface area contributed by atoms with Crippen molar-refractivity contribution in [3.8, 4) is 0 Å². The topological polar surface area (TPSA) is 0 Å². The van der Waals surface area contributed by atoms with E-state index in [1.54, 1.807) is 0 Å². The maximum Gasteiger partial charge on any atom is 0.0136 e. The summed E-state index contributed by atoms with van der Waals surface area (Å²) in [4.78, 5) is 0. The van der Waals surface area contributed by atoms with Crippen LogP contribution in [0.1, 0.15) is 6.42 Å². The normalized spacial score (nSPS) is 21.5. The van der Waals surface area contributed by atoms with Crippen LogP contribution in [0.25, 0.3) is 0 Å². The second-order valence-corrected chi connectivity index (χ2v) is 3.05. The van der Waals surface area contributed by atoms with Crippen LogP contribution in [0, 0.1) is 5.92 Å². The van der Waals surface area contributed by atoms with Gasteiger partial charge in [-0.3, -0.25) is 0 Å². The van der Waals surface area contributed by atoms with Crippen LogP contribution in [0.15, 0.2) is 60.3 Å². The van der Waals surface area contributed by atoms with Crippen molar-refractivity contribution >= 4 is 0 Å². The molecule has 2 rings (SSSR count). The predicted octanol–water partition coefficient (Wildman–Crippen LogP) is 3.17. The zero-order valence-corrected chi connectivity index (χ0v) is 6.98. The van der Waals surface area contributed by atoms with E-state index in [2.05, 4.69) is 54.7 Å². The summed E-state index contributed by atoms with van der Waals surface area (Å²) >= 11 is 0. The van der Waals surface area contributed by atoms with Crippen LogP contribution in [-0.4, -0.2) is 0 Å². The van der Waals surface area contributed by atoms with E-state index in [1.165, 1.54) is 5.57 Å². The van der Waals surface area contributed by atoms with Crippen molar-refractivity contribution in [1.82, 2.24) is 0 Å². The Morgan fingerprint density at radius 2 is 2.08 bits per heavy atom. The molecule has 0 bridgehead atoms. The van der Waals surface area contributed by atoms with Crippen molar-refractivity contribution < 1.29 is 0 Å². The fourth-order valence-corrected chi connectivity index (χ4v) is 1.40. The van der Waals surface area contributed by atoms with Crippen molar-refractivity contribution in [2.24, 2.45) is 5.92 Å². The highest BCUT2D eigenvalue weighted by Gasteiger charge is 1.98. The van der Waals surface area contributed by atoms with Gasteiger partial charge < -0.3 is 0 Å². The molecule has 2 aliphatic rings. The second kappa shape index (κ2) is 3.40.